The van der Waals surface area contributed by atoms with Gasteiger partial charge in [0.15, 0.2) is 0 Å². The molecule has 0 radical (unpaired) electrons. The van der Waals surface area contributed by atoms with Gasteiger partial charge < -0.3 is 10.6 Å². The number of hydrogen-bond donors (Lipinski definition) is 1. The fourth-order valence-corrected chi connectivity index (χ4v) is 3.04. The molecule has 2 N–H and O–H groups in total. The van der Waals surface area contributed by atoms with Crippen LogP contribution < -0.4 is 5.73 Å². The molecule has 0 aromatic heterocycles. The summed E-state index contributed by atoms with van der Waals surface area (Å²) in [6.07, 6.45) is 0. The van der Waals surface area contributed by atoms with Crippen LogP contribution >= 0.6 is 0 Å². The lowest BCUT2D eigenvalue weighted by Crippen LogP contribution is -2.32. The molecule has 2 atom stereocenters. The first-order valence-electron chi connectivity index (χ1n) is 7.42. The minimum Gasteiger partial charge on any atom is -0.336 e. The molecule has 0 spiro atoms. The molecule has 2 aromatic rings. The minimum absolute atomic E-state index is 0.0970. The third kappa shape index (κ3) is 2.74. The highest BCUT2D eigenvalue weighted by atomic mass is 19.1. The molecule has 1 fully saturated rings. The van der Waals surface area contributed by atoms with E-state index in [-0.39, 0.29) is 17.9 Å². The summed E-state index contributed by atoms with van der Waals surface area (Å²) >= 11 is 0. The van der Waals surface area contributed by atoms with Crippen molar-refractivity contribution in [2.75, 3.05) is 13.1 Å². The Morgan fingerprint density at radius 2 is 1.91 bits per heavy atom. The molecule has 1 heterocycles. The van der Waals surface area contributed by atoms with Crippen molar-refractivity contribution in [3.8, 4) is 0 Å². The number of carbonyl (C=O) groups excluding carboxylic acids is 1. The fourth-order valence-electron chi connectivity index (χ4n) is 3.04. The number of likely N-dealkylation sites (tertiary alicyclic amines) is 1. The molecule has 3 nitrogen and oxygen atoms in total. The number of nitrogens with two attached hydrogens (primary N) is 1. The monoisotopic (exact) mass is 298 g/mol. The van der Waals surface area contributed by atoms with Crippen LogP contribution in [0.25, 0.3) is 0 Å². The largest absolute Gasteiger partial charge is 0.336 e. The van der Waals surface area contributed by atoms with Gasteiger partial charge in [-0.1, -0.05) is 36.4 Å². The van der Waals surface area contributed by atoms with Gasteiger partial charge in [0.1, 0.15) is 5.82 Å². The summed E-state index contributed by atoms with van der Waals surface area (Å²) < 4.78 is 13.4. The third-order valence-electron chi connectivity index (χ3n) is 4.31. The van der Waals surface area contributed by atoms with Crippen LogP contribution in [0.1, 0.15) is 27.4 Å². The Labute approximate surface area is 129 Å². The van der Waals surface area contributed by atoms with Crippen LogP contribution in [-0.4, -0.2) is 29.9 Å². The van der Waals surface area contributed by atoms with Crippen molar-refractivity contribution in [2.45, 2.75) is 18.9 Å². The Morgan fingerprint density at radius 1 is 1.18 bits per heavy atom. The number of hydrogen-bond acceptors (Lipinski definition) is 2. The van der Waals surface area contributed by atoms with Gasteiger partial charge in [-0.15, -0.1) is 0 Å². The van der Waals surface area contributed by atoms with Crippen LogP contribution in [0.4, 0.5) is 4.39 Å². The number of nitrogens with zero attached hydrogens (tertiary/aromatic N) is 1. The molecule has 1 amide bonds. The molecule has 0 aliphatic carbocycles. The van der Waals surface area contributed by atoms with Crippen molar-refractivity contribution in [3.63, 3.8) is 0 Å². The highest BCUT2D eigenvalue weighted by Gasteiger charge is 2.34. The van der Waals surface area contributed by atoms with Gasteiger partial charge in [-0.05, 0) is 30.2 Å². The zero-order valence-electron chi connectivity index (χ0n) is 12.5. The Hall–Kier alpha value is -2.20. The predicted octanol–water partition coefficient (Wildman–Crippen LogP) is 2.70. The van der Waals surface area contributed by atoms with Crippen molar-refractivity contribution in [2.24, 2.45) is 5.73 Å². The Balaban J connectivity index is 1.82. The first-order valence-corrected chi connectivity index (χ1v) is 7.42. The zero-order chi connectivity index (χ0) is 15.7. The van der Waals surface area contributed by atoms with Gasteiger partial charge in [0, 0.05) is 30.6 Å². The molecular formula is C18H19FN2O. The summed E-state index contributed by atoms with van der Waals surface area (Å²) in [5.41, 5.74) is 8.56. The molecule has 0 unspecified atom stereocenters. The van der Waals surface area contributed by atoms with E-state index in [9.17, 15) is 9.18 Å². The molecule has 4 heteroatoms. The van der Waals surface area contributed by atoms with Crippen molar-refractivity contribution in [3.05, 3.63) is 71.0 Å². The molecule has 1 aliphatic rings. The lowest BCUT2D eigenvalue weighted by Gasteiger charge is -2.18. The van der Waals surface area contributed by atoms with E-state index >= 15 is 0 Å². The first-order chi connectivity index (χ1) is 10.6. The third-order valence-corrected chi connectivity index (χ3v) is 4.31. The van der Waals surface area contributed by atoms with Crippen LogP contribution in [-0.2, 0) is 0 Å². The van der Waals surface area contributed by atoms with Crippen LogP contribution in [0.5, 0.6) is 0 Å². The second-order valence-electron chi connectivity index (χ2n) is 5.85. The van der Waals surface area contributed by atoms with E-state index in [2.05, 4.69) is 0 Å². The molecule has 0 saturated carbocycles. The molecular weight excluding hydrogens is 279 g/mol. The van der Waals surface area contributed by atoms with Crippen LogP contribution in [0, 0.1) is 12.7 Å². The van der Waals surface area contributed by atoms with Gasteiger partial charge in [0.05, 0.1) is 0 Å². The van der Waals surface area contributed by atoms with E-state index in [0.717, 1.165) is 11.1 Å². The molecule has 1 aliphatic heterocycles. The molecule has 0 bridgehead atoms. The quantitative estimate of drug-likeness (QED) is 0.926. The number of aryl methyl sites for hydroxylation is 1. The number of carbonyl (C=O) groups is 1. The second-order valence-corrected chi connectivity index (χ2v) is 5.85. The fraction of sp³-hybridized carbons (Fsp3) is 0.278. The van der Waals surface area contributed by atoms with E-state index < -0.39 is 5.82 Å². The van der Waals surface area contributed by atoms with Gasteiger partial charge >= 0.3 is 0 Å². The highest BCUT2D eigenvalue weighted by Crippen LogP contribution is 2.28. The van der Waals surface area contributed by atoms with Gasteiger partial charge in [0.2, 0.25) is 0 Å². The maximum absolute atomic E-state index is 13.4. The number of benzene rings is 2. The van der Waals surface area contributed by atoms with Crippen LogP contribution in [0.2, 0.25) is 0 Å². The summed E-state index contributed by atoms with van der Waals surface area (Å²) in [6.45, 7) is 2.88. The average molecular weight is 298 g/mol. The van der Waals surface area contributed by atoms with Crippen LogP contribution in [0.3, 0.4) is 0 Å². The number of rotatable bonds is 2. The van der Waals surface area contributed by atoms with Crippen molar-refractivity contribution >= 4 is 5.91 Å². The lowest BCUT2D eigenvalue weighted by molar-refractivity contribution is 0.0788. The SMILES string of the molecule is Cc1ccc(F)cc1C(=O)N1C[C@@H](N)[C@H](c2ccccc2)C1. The Kier molecular flexibility index (Phi) is 3.94. The Bertz CT molecular complexity index is 687. The maximum Gasteiger partial charge on any atom is 0.254 e. The smallest absolute Gasteiger partial charge is 0.254 e. The second kappa shape index (κ2) is 5.89. The zero-order valence-corrected chi connectivity index (χ0v) is 12.5. The van der Waals surface area contributed by atoms with E-state index in [0.29, 0.717) is 18.7 Å². The normalized spacial score (nSPS) is 21.1. The predicted molar refractivity (Wildman–Crippen MR) is 84.2 cm³/mol. The Morgan fingerprint density at radius 3 is 2.64 bits per heavy atom. The summed E-state index contributed by atoms with van der Waals surface area (Å²) in [7, 11) is 0. The molecule has 114 valence electrons. The van der Waals surface area contributed by atoms with E-state index in [1.807, 2.05) is 37.3 Å². The number of halogens is 1. The van der Waals surface area contributed by atoms with Gasteiger partial charge in [-0.3, -0.25) is 4.79 Å². The molecule has 2 aromatic carbocycles. The van der Waals surface area contributed by atoms with Gasteiger partial charge in [-0.25, -0.2) is 4.39 Å². The molecule has 1 saturated heterocycles. The summed E-state index contributed by atoms with van der Waals surface area (Å²) in [4.78, 5) is 14.4. The van der Waals surface area contributed by atoms with E-state index in [1.165, 1.54) is 12.1 Å². The first kappa shape index (κ1) is 14.7. The topological polar surface area (TPSA) is 46.3 Å². The summed E-state index contributed by atoms with van der Waals surface area (Å²) in [5.74, 6) is -0.415. The van der Waals surface area contributed by atoms with Gasteiger partial charge in [0.25, 0.3) is 5.91 Å². The number of amides is 1. The van der Waals surface area contributed by atoms with E-state index in [1.54, 1.807) is 11.0 Å². The van der Waals surface area contributed by atoms with Crippen LogP contribution in [0.15, 0.2) is 48.5 Å². The van der Waals surface area contributed by atoms with Crippen molar-refractivity contribution < 1.29 is 9.18 Å². The van der Waals surface area contributed by atoms with Crippen molar-refractivity contribution in [1.82, 2.24) is 4.90 Å². The van der Waals surface area contributed by atoms with Crippen molar-refractivity contribution in [1.29, 1.82) is 0 Å². The van der Waals surface area contributed by atoms with Gasteiger partial charge in [-0.2, -0.15) is 0 Å². The van der Waals surface area contributed by atoms with E-state index in [4.69, 9.17) is 5.73 Å². The summed E-state index contributed by atoms with van der Waals surface area (Å²) in [5, 5.41) is 0. The molecule has 22 heavy (non-hydrogen) atoms. The molecule has 3 rings (SSSR count). The lowest BCUT2D eigenvalue weighted by atomic mass is 9.95. The maximum atomic E-state index is 13.4. The average Bonchev–Trinajstić information content (AvgIpc) is 2.92. The standard InChI is InChI=1S/C18H19FN2O/c1-12-7-8-14(19)9-15(12)18(22)21-10-16(17(20)11-21)13-5-3-2-4-6-13/h2-9,16-17H,10-11,20H2,1H3/t16-,17+/m0/s1. The summed E-state index contributed by atoms with van der Waals surface area (Å²) in [6, 6.07) is 14.2. The minimum atomic E-state index is -0.392. The highest BCUT2D eigenvalue weighted by molar-refractivity contribution is 5.96.